The smallest absolute Gasteiger partial charge is 0.169 e. The molecule has 7 heteroatoms. The Morgan fingerprint density at radius 1 is 1.21 bits per heavy atom. The fraction of sp³-hybridized carbons (Fsp3) is 0.727. The number of aromatic nitrogens is 1. The minimum Gasteiger partial charge on any atom is -0.379 e. The van der Waals surface area contributed by atoms with Crippen molar-refractivity contribution in [3.05, 3.63) is 30.1 Å². The summed E-state index contributed by atoms with van der Waals surface area (Å²) in [5.74, 6) is 0. The molecule has 0 aliphatic carbocycles. The standard InChI is InChI=1S/C22H37N5OS/c1-21(2)15-19(16-22(3,4)25-21)24-20(29)27(17-18-5-7-23-8-6-18)10-9-26-11-13-28-14-12-26/h5-8,19,25H,9-17H2,1-4H3,(H,24,29). The van der Waals surface area contributed by atoms with E-state index in [9.17, 15) is 0 Å². The van der Waals surface area contributed by atoms with E-state index in [1.54, 1.807) is 0 Å². The van der Waals surface area contributed by atoms with Gasteiger partial charge in [0.1, 0.15) is 0 Å². The van der Waals surface area contributed by atoms with Crippen molar-refractivity contribution < 1.29 is 4.74 Å². The van der Waals surface area contributed by atoms with E-state index >= 15 is 0 Å². The Labute approximate surface area is 181 Å². The molecule has 1 aromatic rings. The number of thiocarbonyl (C=S) groups is 1. The van der Waals surface area contributed by atoms with Crippen LogP contribution in [0.2, 0.25) is 0 Å². The van der Waals surface area contributed by atoms with Crippen LogP contribution in [0.25, 0.3) is 0 Å². The van der Waals surface area contributed by atoms with Gasteiger partial charge in [-0.15, -0.1) is 0 Å². The summed E-state index contributed by atoms with van der Waals surface area (Å²) in [5, 5.41) is 8.30. The monoisotopic (exact) mass is 419 g/mol. The maximum atomic E-state index is 5.91. The molecule has 2 aliphatic rings. The number of ether oxygens (including phenoxy) is 1. The summed E-state index contributed by atoms with van der Waals surface area (Å²) < 4.78 is 5.48. The highest BCUT2D eigenvalue weighted by Crippen LogP contribution is 2.28. The topological polar surface area (TPSA) is 52.7 Å². The molecular formula is C22H37N5OS. The molecule has 3 heterocycles. The zero-order chi connectivity index (χ0) is 20.9. The Balaban J connectivity index is 1.64. The molecule has 0 unspecified atom stereocenters. The van der Waals surface area contributed by atoms with Crippen LogP contribution < -0.4 is 10.6 Å². The van der Waals surface area contributed by atoms with Crippen LogP contribution in [0.5, 0.6) is 0 Å². The van der Waals surface area contributed by atoms with Crippen molar-refractivity contribution in [2.45, 2.75) is 64.2 Å². The maximum Gasteiger partial charge on any atom is 0.169 e. The van der Waals surface area contributed by atoms with Gasteiger partial charge in [-0.25, -0.2) is 0 Å². The Morgan fingerprint density at radius 3 is 2.45 bits per heavy atom. The molecule has 162 valence electrons. The van der Waals surface area contributed by atoms with Gasteiger partial charge in [-0.2, -0.15) is 0 Å². The van der Waals surface area contributed by atoms with E-state index in [1.165, 1.54) is 5.56 Å². The fourth-order valence-electron chi connectivity index (χ4n) is 4.74. The molecule has 0 atom stereocenters. The lowest BCUT2D eigenvalue weighted by atomic mass is 9.80. The van der Waals surface area contributed by atoms with Crippen LogP contribution in [0.1, 0.15) is 46.1 Å². The first kappa shape index (κ1) is 22.4. The van der Waals surface area contributed by atoms with Crippen molar-refractivity contribution in [2.75, 3.05) is 39.4 Å². The van der Waals surface area contributed by atoms with Gasteiger partial charge in [0.05, 0.1) is 13.2 Å². The lowest BCUT2D eigenvalue weighted by molar-refractivity contribution is 0.0356. The van der Waals surface area contributed by atoms with E-state index in [4.69, 9.17) is 17.0 Å². The second-order valence-corrected chi connectivity index (χ2v) is 10.1. The first-order chi connectivity index (χ1) is 13.7. The van der Waals surface area contributed by atoms with Crippen LogP contribution in [0.4, 0.5) is 0 Å². The molecule has 2 N–H and O–H groups in total. The molecule has 0 radical (unpaired) electrons. The van der Waals surface area contributed by atoms with Crippen LogP contribution in [0.3, 0.4) is 0 Å². The van der Waals surface area contributed by atoms with Crippen LogP contribution in [-0.4, -0.2) is 76.4 Å². The Morgan fingerprint density at radius 2 is 1.83 bits per heavy atom. The average molecular weight is 420 g/mol. The summed E-state index contributed by atoms with van der Waals surface area (Å²) in [6.07, 6.45) is 5.82. The normalized spacial score (nSPS) is 22.2. The minimum atomic E-state index is 0.0960. The molecule has 6 nitrogen and oxygen atoms in total. The van der Waals surface area contributed by atoms with Gasteiger partial charge < -0.3 is 20.3 Å². The first-order valence-corrected chi connectivity index (χ1v) is 11.2. The highest BCUT2D eigenvalue weighted by Gasteiger charge is 2.38. The number of hydrogen-bond donors (Lipinski definition) is 2. The van der Waals surface area contributed by atoms with Gasteiger partial charge >= 0.3 is 0 Å². The number of pyridine rings is 1. The summed E-state index contributed by atoms with van der Waals surface area (Å²) in [7, 11) is 0. The van der Waals surface area contributed by atoms with Gasteiger partial charge in [0, 0.05) is 62.2 Å². The van der Waals surface area contributed by atoms with E-state index in [2.05, 4.69) is 65.2 Å². The number of hydrogen-bond acceptors (Lipinski definition) is 5. The van der Waals surface area contributed by atoms with E-state index in [-0.39, 0.29) is 11.1 Å². The van der Waals surface area contributed by atoms with E-state index in [1.807, 2.05) is 12.4 Å². The number of piperidine rings is 1. The second kappa shape index (κ2) is 9.69. The third kappa shape index (κ3) is 7.17. The fourth-order valence-corrected chi connectivity index (χ4v) is 5.06. The Bertz CT molecular complexity index is 644. The third-order valence-electron chi connectivity index (χ3n) is 5.72. The Kier molecular flexibility index (Phi) is 7.48. The van der Waals surface area contributed by atoms with Gasteiger partial charge in [0.2, 0.25) is 0 Å². The summed E-state index contributed by atoms with van der Waals surface area (Å²) >= 11 is 5.91. The number of morpholine rings is 1. The summed E-state index contributed by atoms with van der Waals surface area (Å²) in [6, 6.07) is 4.51. The third-order valence-corrected chi connectivity index (χ3v) is 6.09. The van der Waals surface area contributed by atoms with Crippen molar-refractivity contribution >= 4 is 17.3 Å². The van der Waals surface area contributed by atoms with Crippen molar-refractivity contribution in [1.29, 1.82) is 0 Å². The summed E-state index contributed by atoms with van der Waals surface area (Å²) in [6.45, 7) is 15.5. The first-order valence-electron chi connectivity index (χ1n) is 10.8. The van der Waals surface area contributed by atoms with E-state index < -0.39 is 0 Å². The molecule has 0 amide bonds. The zero-order valence-electron chi connectivity index (χ0n) is 18.4. The summed E-state index contributed by atoms with van der Waals surface area (Å²) in [5.41, 5.74) is 1.43. The lowest BCUT2D eigenvalue weighted by Crippen LogP contribution is -2.63. The van der Waals surface area contributed by atoms with Crippen molar-refractivity contribution in [2.24, 2.45) is 0 Å². The molecule has 2 fully saturated rings. The van der Waals surface area contributed by atoms with E-state index in [0.29, 0.717) is 6.04 Å². The molecule has 1 aromatic heterocycles. The van der Waals surface area contributed by atoms with Crippen LogP contribution in [-0.2, 0) is 11.3 Å². The lowest BCUT2D eigenvalue weighted by Gasteiger charge is -2.47. The largest absolute Gasteiger partial charge is 0.379 e. The molecule has 0 spiro atoms. The molecule has 2 saturated heterocycles. The number of nitrogens with zero attached hydrogens (tertiary/aromatic N) is 3. The predicted octanol–water partition coefficient (Wildman–Crippen LogP) is 2.40. The molecule has 0 bridgehead atoms. The minimum absolute atomic E-state index is 0.0960. The zero-order valence-corrected chi connectivity index (χ0v) is 19.2. The van der Waals surface area contributed by atoms with E-state index in [0.717, 1.165) is 63.9 Å². The summed E-state index contributed by atoms with van der Waals surface area (Å²) in [4.78, 5) is 8.91. The Hall–Kier alpha value is -1.28. The average Bonchev–Trinajstić information content (AvgIpc) is 2.64. The molecule has 0 saturated carbocycles. The van der Waals surface area contributed by atoms with Gasteiger partial charge in [-0.1, -0.05) is 0 Å². The second-order valence-electron chi connectivity index (χ2n) is 9.68. The SMILES string of the molecule is CC1(C)CC(NC(=S)N(CCN2CCOCC2)Cc2ccncc2)CC(C)(C)N1. The van der Waals surface area contributed by atoms with Crippen LogP contribution in [0, 0.1) is 0 Å². The predicted molar refractivity (Wildman–Crippen MR) is 122 cm³/mol. The molecule has 0 aromatic carbocycles. The van der Waals surface area contributed by atoms with Gasteiger partial charge in [-0.3, -0.25) is 9.88 Å². The molecule has 3 rings (SSSR count). The number of nitrogens with one attached hydrogen (secondary N) is 2. The molecule has 29 heavy (non-hydrogen) atoms. The van der Waals surface area contributed by atoms with Crippen LogP contribution in [0.15, 0.2) is 24.5 Å². The van der Waals surface area contributed by atoms with Crippen molar-refractivity contribution in [3.8, 4) is 0 Å². The highest BCUT2D eigenvalue weighted by atomic mass is 32.1. The van der Waals surface area contributed by atoms with Gasteiger partial charge in [-0.05, 0) is 70.5 Å². The molecule has 2 aliphatic heterocycles. The van der Waals surface area contributed by atoms with Crippen molar-refractivity contribution in [1.82, 2.24) is 25.4 Å². The number of rotatable bonds is 6. The van der Waals surface area contributed by atoms with Crippen molar-refractivity contribution in [3.63, 3.8) is 0 Å². The molecular weight excluding hydrogens is 382 g/mol. The maximum absolute atomic E-state index is 5.91. The van der Waals surface area contributed by atoms with Crippen LogP contribution >= 0.6 is 12.2 Å². The quantitative estimate of drug-likeness (QED) is 0.687. The van der Waals surface area contributed by atoms with Gasteiger partial charge in [0.25, 0.3) is 0 Å². The van der Waals surface area contributed by atoms with Gasteiger partial charge in [0.15, 0.2) is 5.11 Å². The highest BCUT2D eigenvalue weighted by molar-refractivity contribution is 7.80.